The van der Waals surface area contributed by atoms with E-state index in [0.717, 1.165) is 0 Å². The van der Waals surface area contributed by atoms with Crippen molar-refractivity contribution in [2.24, 2.45) is 16.6 Å². The number of hydrogen-bond acceptors (Lipinski definition) is 5. The molecule has 0 aliphatic carbocycles. The summed E-state index contributed by atoms with van der Waals surface area (Å²) in [4.78, 5) is 9.66. The van der Waals surface area contributed by atoms with Crippen molar-refractivity contribution in [3.8, 4) is 0 Å². The predicted molar refractivity (Wildman–Crippen MR) is 38.3 cm³/mol. The Bertz CT molecular complexity index is 107. The first kappa shape index (κ1) is 9.48. The molecule has 0 radical (unpaired) electrons. The van der Waals surface area contributed by atoms with Gasteiger partial charge in [0, 0.05) is 6.04 Å². The summed E-state index contributed by atoms with van der Waals surface area (Å²) in [5, 5.41) is 11.6. The maximum absolute atomic E-state index is 9.66. The molecule has 0 heterocycles. The van der Waals surface area contributed by atoms with Gasteiger partial charge in [0.2, 0.25) is 0 Å². The van der Waals surface area contributed by atoms with Crippen LogP contribution in [0.25, 0.3) is 0 Å². The Morgan fingerprint density at radius 3 is 2.40 bits per heavy atom. The zero-order valence-electron chi connectivity index (χ0n) is 5.90. The molecule has 0 saturated carbocycles. The van der Waals surface area contributed by atoms with Gasteiger partial charge in [-0.05, 0) is 6.92 Å². The molecule has 0 fully saturated rings. The Labute approximate surface area is 59.4 Å². The third kappa shape index (κ3) is 2.86. The molecule has 0 saturated heterocycles. The molecule has 5 nitrogen and oxygen atoms in total. The summed E-state index contributed by atoms with van der Waals surface area (Å²) in [6, 6.07) is -1.06. The van der Waals surface area contributed by atoms with Crippen LogP contribution in [0.5, 0.6) is 0 Å². The lowest BCUT2D eigenvalue weighted by Gasteiger charge is -2.18. The topological polar surface area (TPSA) is 102 Å². The van der Waals surface area contributed by atoms with Crippen LogP contribution >= 0.6 is 0 Å². The Hall–Kier alpha value is -0.520. The fourth-order valence-corrected chi connectivity index (χ4v) is 0.584. The highest BCUT2D eigenvalue weighted by atomic mass is 16.3. The Morgan fingerprint density at radius 1 is 1.60 bits per heavy atom. The molecule has 0 aromatic rings. The van der Waals surface area contributed by atoms with Crippen LogP contribution in [0.3, 0.4) is 0 Å². The maximum Gasteiger partial charge on any atom is 0.0987 e. The minimum Gasteiger partial charge on any atom is -0.390 e. The lowest BCUT2D eigenvalue weighted by Crippen LogP contribution is -2.47. The molecular weight excluding hydrogens is 134 g/mol. The molecule has 3 unspecified atom stereocenters. The van der Waals surface area contributed by atoms with E-state index in [4.69, 9.17) is 16.6 Å². The van der Waals surface area contributed by atoms with E-state index in [1.165, 1.54) is 0 Å². The van der Waals surface area contributed by atoms with E-state index < -0.39 is 18.2 Å². The minimum absolute atomic E-state index is 0.0945. The van der Waals surface area contributed by atoms with Crippen LogP contribution in [-0.4, -0.2) is 29.8 Å². The molecule has 0 bridgehead atoms. The van der Waals surface area contributed by atoms with Crippen molar-refractivity contribution in [3.05, 3.63) is 4.91 Å². The maximum atomic E-state index is 9.66. The standard InChI is InChI=1S/C5H13N3O2/c1-3(6)5(9)4(7)2-8-10/h3-5,9H,2,6-7H2,1H3. The molecule has 0 aliphatic rings. The highest BCUT2D eigenvalue weighted by molar-refractivity contribution is 4.79. The van der Waals surface area contributed by atoms with Gasteiger partial charge < -0.3 is 16.6 Å². The normalized spacial score (nSPS) is 19.6. The van der Waals surface area contributed by atoms with Crippen LogP contribution in [0.1, 0.15) is 6.92 Å². The van der Waals surface area contributed by atoms with Gasteiger partial charge in [-0.1, -0.05) is 5.18 Å². The number of nitroso groups, excluding NO2 is 1. The number of aliphatic hydroxyl groups excluding tert-OH is 1. The van der Waals surface area contributed by atoms with Crippen LogP contribution < -0.4 is 11.5 Å². The van der Waals surface area contributed by atoms with Gasteiger partial charge in [-0.2, -0.15) is 4.91 Å². The van der Waals surface area contributed by atoms with Crippen LogP contribution in [0.15, 0.2) is 5.18 Å². The molecular formula is C5H13N3O2. The third-order valence-electron chi connectivity index (χ3n) is 1.26. The summed E-state index contributed by atoms with van der Waals surface area (Å²) in [7, 11) is 0. The molecule has 0 amide bonds. The summed E-state index contributed by atoms with van der Waals surface area (Å²) in [5.41, 5.74) is 10.6. The first-order valence-corrected chi connectivity index (χ1v) is 3.08. The van der Waals surface area contributed by atoms with E-state index in [9.17, 15) is 4.91 Å². The molecule has 10 heavy (non-hydrogen) atoms. The summed E-state index contributed by atoms with van der Waals surface area (Å²) >= 11 is 0. The van der Waals surface area contributed by atoms with Crippen molar-refractivity contribution < 1.29 is 5.11 Å². The predicted octanol–water partition coefficient (Wildman–Crippen LogP) is -1.21. The van der Waals surface area contributed by atoms with E-state index >= 15 is 0 Å². The van der Waals surface area contributed by atoms with E-state index in [-0.39, 0.29) is 6.54 Å². The van der Waals surface area contributed by atoms with Crippen LogP contribution in [0, 0.1) is 4.91 Å². The highest BCUT2D eigenvalue weighted by Crippen LogP contribution is 1.94. The molecule has 60 valence electrons. The third-order valence-corrected chi connectivity index (χ3v) is 1.26. The van der Waals surface area contributed by atoms with Crippen molar-refractivity contribution in [3.63, 3.8) is 0 Å². The van der Waals surface area contributed by atoms with E-state index in [1.807, 2.05) is 0 Å². The molecule has 0 rings (SSSR count). The van der Waals surface area contributed by atoms with Crippen LogP contribution in [0.2, 0.25) is 0 Å². The fourth-order valence-electron chi connectivity index (χ4n) is 0.584. The van der Waals surface area contributed by atoms with Gasteiger partial charge >= 0.3 is 0 Å². The number of nitrogens with two attached hydrogens (primary N) is 2. The van der Waals surface area contributed by atoms with Crippen molar-refractivity contribution in [1.82, 2.24) is 0 Å². The number of rotatable bonds is 4. The second-order valence-electron chi connectivity index (χ2n) is 2.33. The van der Waals surface area contributed by atoms with Crippen molar-refractivity contribution >= 4 is 0 Å². The monoisotopic (exact) mass is 147 g/mol. The van der Waals surface area contributed by atoms with E-state index in [0.29, 0.717) is 0 Å². The lowest BCUT2D eigenvalue weighted by atomic mass is 10.1. The van der Waals surface area contributed by atoms with Gasteiger partial charge in [-0.25, -0.2) is 0 Å². The van der Waals surface area contributed by atoms with Gasteiger partial charge in [0.25, 0.3) is 0 Å². The SMILES string of the molecule is CC(N)C(O)C(N)CN=O. The number of aliphatic hydroxyl groups is 1. The molecule has 3 atom stereocenters. The van der Waals surface area contributed by atoms with Gasteiger partial charge in [-0.3, -0.25) is 0 Å². The smallest absolute Gasteiger partial charge is 0.0987 e. The van der Waals surface area contributed by atoms with Crippen molar-refractivity contribution in [1.29, 1.82) is 0 Å². The second kappa shape index (κ2) is 4.32. The zero-order valence-corrected chi connectivity index (χ0v) is 5.90. The average Bonchev–Trinajstić information content (AvgIpc) is 1.87. The van der Waals surface area contributed by atoms with Gasteiger partial charge in [0.1, 0.15) is 0 Å². The zero-order chi connectivity index (χ0) is 8.15. The quantitative estimate of drug-likeness (QED) is 0.434. The van der Waals surface area contributed by atoms with Gasteiger partial charge in [-0.15, -0.1) is 0 Å². The Morgan fingerprint density at radius 2 is 2.10 bits per heavy atom. The summed E-state index contributed by atoms with van der Waals surface area (Å²) in [6.07, 6.45) is -0.849. The molecule has 5 heteroatoms. The summed E-state index contributed by atoms with van der Waals surface area (Å²) in [6.45, 7) is 1.53. The summed E-state index contributed by atoms with van der Waals surface area (Å²) in [5.74, 6) is 0. The van der Waals surface area contributed by atoms with Crippen LogP contribution in [0.4, 0.5) is 0 Å². The highest BCUT2D eigenvalue weighted by Gasteiger charge is 2.18. The number of hydrogen-bond donors (Lipinski definition) is 3. The van der Waals surface area contributed by atoms with Crippen LogP contribution in [-0.2, 0) is 0 Å². The van der Waals surface area contributed by atoms with Crippen molar-refractivity contribution in [2.45, 2.75) is 25.1 Å². The first-order valence-electron chi connectivity index (χ1n) is 3.08. The number of nitrogens with zero attached hydrogens (tertiary/aromatic N) is 1. The van der Waals surface area contributed by atoms with E-state index in [1.54, 1.807) is 6.92 Å². The molecule has 5 N–H and O–H groups in total. The lowest BCUT2D eigenvalue weighted by molar-refractivity contribution is 0.125. The molecule has 0 spiro atoms. The molecule has 0 aromatic carbocycles. The Balaban J connectivity index is 3.68. The Kier molecular flexibility index (Phi) is 4.10. The fraction of sp³-hybridized carbons (Fsp3) is 1.00. The van der Waals surface area contributed by atoms with Gasteiger partial charge in [0.05, 0.1) is 18.7 Å². The molecule has 0 aromatic heterocycles. The van der Waals surface area contributed by atoms with Gasteiger partial charge in [0.15, 0.2) is 0 Å². The molecule has 0 aliphatic heterocycles. The average molecular weight is 147 g/mol. The largest absolute Gasteiger partial charge is 0.390 e. The van der Waals surface area contributed by atoms with E-state index in [2.05, 4.69) is 5.18 Å². The first-order chi connectivity index (χ1) is 4.59. The van der Waals surface area contributed by atoms with Crippen molar-refractivity contribution in [2.75, 3.05) is 6.54 Å². The summed E-state index contributed by atoms with van der Waals surface area (Å²) < 4.78 is 0. The minimum atomic E-state index is -0.849. The second-order valence-corrected chi connectivity index (χ2v) is 2.33.